The van der Waals surface area contributed by atoms with E-state index in [1.165, 1.54) is 15.3 Å². The van der Waals surface area contributed by atoms with Gasteiger partial charge in [-0.2, -0.15) is 4.31 Å². The van der Waals surface area contributed by atoms with E-state index in [1.807, 2.05) is 19.1 Å². The standard InChI is InChI=1S/C21H30N2O5S/c1-4-6-7-21(25)28-16-20(24)22-12-14-23(15-13-22)29(26,27)19-10-8-18(9-11-19)17(3)5-2/h6-11,17H,4-5,12-16H2,1-3H3/b7-6+/t17-/m1/s1. The van der Waals surface area contributed by atoms with E-state index < -0.39 is 16.0 Å². The highest BCUT2D eigenvalue weighted by Gasteiger charge is 2.30. The summed E-state index contributed by atoms with van der Waals surface area (Å²) in [6, 6.07) is 7.03. The molecule has 1 atom stereocenters. The highest BCUT2D eigenvalue weighted by atomic mass is 32.2. The van der Waals surface area contributed by atoms with Crippen molar-refractivity contribution in [1.82, 2.24) is 9.21 Å². The van der Waals surface area contributed by atoms with Crippen molar-refractivity contribution >= 4 is 21.9 Å². The van der Waals surface area contributed by atoms with Crippen LogP contribution in [0.4, 0.5) is 0 Å². The zero-order valence-electron chi connectivity index (χ0n) is 17.3. The van der Waals surface area contributed by atoms with Crippen molar-refractivity contribution in [3.05, 3.63) is 42.0 Å². The molecule has 7 nitrogen and oxygen atoms in total. The SMILES string of the molecule is CC/C=C/C(=O)OCC(=O)N1CCN(S(=O)(=O)c2ccc([C@H](C)CC)cc2)CC1. The summed E-state index contributed by atoms with van der Waals surface area (Å²) < 4.78 is 32.1. The molecule has 0 aromatic heterocycles. The Labute approximate surface area is 173 Å². The molecular weight excluding hydrogens is 392 g/mol. The largest absolute Gasteiger partial charge is 0.452 e. The molecule has 29 heavy (non-hydrogen) atoms. The topological polar surface area (TPSA) is 84.0 Å². The summed E-state index contributed by atoms with van der Waals surface area (Å²) in [5.74, 6) is -0.492. The highest BCUT2D eigenvalue weighted by Crippen LogP contribution is 2.23. The summed E-state index contributed by atoms with van der Waals surface area (Å²) in [4.78, 5) is 25.4. The molecule has 1 aliphatic heterocycles. The van der Waals surface area contributed by atoms with Crippen LogP contribution in [0.3, 0.4) is 0 Å². The Morgan fingerprint density at radius 3 is 2.28 bits per heavy atom. The lowest BCUT2D eigenvalue weighted by Crippen LogP contribution is -2.51. The van der Waals surface area contributed by atoms with Crippen molar-refractivity contribution in [1.29, 1.82) is 0 Å². The molecular formula is C21H30N2O5S. The van der Waals surface area contributed by atoms with Gasteiger partial charge < -0.3 is 9.64 Å². The quantitative estimate of drug-likeness (QED) is 0.475. The number of carbonyl (C=O) groups is 2. The van der Waals surface area contributed by atoms with Crippen LogP contribution in [0.2, 0.25) is 0 Å². The molecule has 160 valence electrons. The Hall–Kier alpha value is -2.19. The molecule has 2 rings (SSSR count). The predicted octanol–water partition coefficient (Wildman–Crippen LogP) is 2.54. The molecule has 0 saturated carbocycles. The van der Waals surface area contributed by atoms with Gasteiger partial charge in [-0.15, -0.1) is 0 Å². The van der Waals surface area contributed by atoms with E-state index in [0.717, 1.165) is 12.0 Å². The number of ether oxygens (including phenoxy) is 1. The van der Waals surface area contributed by atoms with Crippen LogP contribution in [0.1, 0.15) is 45.1 Å². The van der Waals surface area contributed by atoms with Crippen LogP contribution in [-0.4, -0.2) is 62.3 Å². The van der Waals surface area contributed by atoms with Crippen LogP contribution in [0.25, 0.3) is 0 Å². The van der Waals surface area contributed by atoms with E-state index in [-0.39, 0.29) is 43.6 Å². The van der Waals surface area contributed by atoms with Crippen LogP contribution in [0.15, 0.2) is 41.3 Å². The van der Waals surface area contributed by atoms with Crippen LogP contribution in [0.5, 0.6) is 0 Å². The second kappa shape index (κ2) is 10.5. The van der Waals surface area contributed by atoms with Crippen LogP contribution < -0.4 is 0 Å². The first kappa shape index (κ1) is 23.1. The number of esters is 1. The minimum Gasteiger partial charge on any atom is -0.452 e. The normalized spacial score (nSPS) is 16.7. The number of hydrogen-bond acceptors (Lipinski definition) is 5. The van der Waals surface area contributed by atoms with E-state index in [0.29, 0.717) is 12.3 Å². The second-order valence-electron chi connectivity index (χ2n) is 7.08. The summed E-state index contributed by atoms with van der Waals surface area (Å²) in [6.45, 7) is 6.72. The number of hydrogen-bond donors (Lipinski definition) is 0. The van der Waals surface area contributed by atoms with Gasteiger partial charge in [-0.25, -0.2) is 13.2 Å². The molecule has 0 N–H and O–H groups in total. The van der Waals surface area contributed by atoms with Crippen molar-refractivity contribution < 1.29 is 22.7 Å². The van der Waals surface area contributed by atoms with Crippen LogP contribution >= 0.6 is 0 Å². The molecule has 1 heterocycles. The van der Waals surface area contributed by atoms with E-state index >= 15 is 0 Å². The van der Waals surface area contributed by atoms with E-state index in [4.69, 9.17) is 4.74 Å². The fourth-order valence-corrected chi connectivity index (χ4v) is 4.44. The Balaban J connectivity index is 1.91. The van der Waals surface area contributed by atoms with E-state index in [1.54, 1.807) is 18.2 Å². The third-order valence-corrected chi connectivity index (χ3v) is 7.03. The monoisotopic (exact) mass is 422 g/mol. The lowest BCUT2D eigenvalue weighted by molar-refractivity contribution is -0.148. The maximum Gasteiger partial charge on any atom is 0.330 e. The second-order valence-corrected chi connectivity index (χ2v) is 9.02. The highest BCUT2D eigenvalue weighted by molar-refractivity contribution is 7.89. The fraction of sp³-hybridized carbons (Fsp3) is 0.524. The van der Waals surface area contributed by atoms with Crippen molar-refractivity contribution in [3.8, 4) is 0 Å². The van der Waals surface area contributed by atoms with Gasteiger partial charge in [0.15, 0.2) is 6.61 Å². The van der Waals surface area contributed by atoms with Gasteiger partial charge >= 0.3 is 5.97 Å². The third kappa shape index (κ3) is 6.14. The molecule has 1 aliphatic rings. The summed E-state index contributed by atoms with van der Waals surface area (Å²) >= 11 is 0. The molecule has 0 radical (unpaired) electrons. The summed E-state index contributed by atoms with van der Waals surface area (Å²) in [7, 11) is -3.60. The Kier molecular flexibility index (Phi) is 8.40. The molecule has 1 aromatic carbocycles. The van der Waals surface area contributed by atoms with Crippen molar-refractivity contribution in [2.75, 3.05) is 32.8 Å². The Morgan fingerprint density at radius 1 is 1.10 bits per heavy atom. The van der Waals surface area contributed by atoms with Gasteiger partial charge in [-0.05, 0) is 36.5 Å². The molecule has 0 aliphatic carbocycles. The Bertz CT molecular complexity index is 825. The zero-order chi connectivity index (χ0) is 21.4. The van der Waals surface area contributed by atoms with Gasteiger partial charge in [0.2, 0.25) is 10.0 Å². The minimum absolute atomic E-state index is 0.213. The number of piperazine rings is 1. The van der Waals surface area contributed by atoms with Crippen LogP contribution in [-0.2, 0) is 24.3 Å². The maximum absolute atomic E-state index is 12.9. The first-order chi connectivity index (χ1) is 13.8. The molecule has 0 spiro atoms. The number of nitrogens with zero attached hydrogens (tertiary/aromatic N) is 2. The number of rotatable bonds is 8. The number of sulfonamides is 1. The number of allylic oxidation sites excluding steroid dienone is 1. The predicted molar refractivity (Wildman–Crippen MR) is 111 cm³/mol. The molecule has 1 amide bonds. The average molecular weight is 423 g/mol. The lowest BCUT2D eigenvalue weighted by Gasteiger charge is -2.33. The molecule has 1 saturated heterocycles. The van der Waals surface area contributed by atoms with Gasteiger partial charge in [0.05, 0.1) is 4.90 Å². The molecule has 1 fully saturated rings. The molecule has 0 unspecified atom stereocenters. The van der Waals surface area contributed by atoms with Crippen molar-refractivity contribution in [2.24, 2.45) is 0 Å². The average Bonchev–Trinajstić information content (AvgIpc) is 2.75. The minimum atomic E-state index is -3.60. The van der Waals surface area contributed by atoms with Gasteiger partial charge in [-0.3, -0.25) is 4.79 Å². The first-order valence-corrected chi connectivity index (χ1v) is 11.4. The van der Waals surface area contributed by atoms with E-state index in [9.17, 15) is 18.0 Å². The smallest absolute Gasteiger partial charge is 0.330 e. The summed E-state index contributed by atoms with van der Waals surface area (Å²) in [5.41, 5.74) is 1.12. The number of benzene rings is 1. The summed E-state index contributed by atoms with van der Waals surface area (Å²) in [6.07, 6.45) is 4.66. The van der Waals surface area contributed by atoms with Crippen molar-refractivity contribution in [2.45, 2.75) is 44.4 Å². The van der Waals surface area contributed by atoms with Gasteiger partial charge in [0.1, 0.15) is 0 Å². The number of amides is 1. The molecule has 8 heteroatoms. The maximum atomic E-state index is 12.9. The zero-order valence-corrected chi connectivity index (χ0v) is 18.2. The van der Waals surface area contributed by atoms with Gasteiger partial charge in [-0.1, -0.05) is 39.0 Å². The Morgan fingerprint density at radius 2 is 1.72 bits per heavy atom. The van der Waals surface area contributed by atoms with Crippen molar-refractivity contribution in [3.63, 3.8) is 0 Å². The number of carbonyl (C=O) groups excluding carboxylic acids is 2. The lowest BCUT2D eigenvalue weighted by atomic mass is 9.99. The fourth-order valence-electron chi connectivity index (χ4n) is 3.02. The van der Waals surface area contributed by atoms with Gasteiger partial charge in [0.25, 0.3) is 5.91 Å². The van der Waals surface area contributed by atoms with Gasteiger partial charge in [0, 0.05) is 32.3 Å². The first-order valence-electron chi connectivity index (χ1n) is 10.0. The molecule has 1 aromatic rings. The van der Waals surface area contributed by atoms with E-state index in [2.05, 4.69) is 13.8 Å². The van der Waals surface area contributed by atoms with Crippen LogP contribution in [0, 0.1) is 0 Å². The third-order valence-electron chi connectivity index (χ3n) is 5.12. The molecule has 0 bridgehead atoms. The summed E-state index contributed by atoms with van der Waals surface area (Å²) in [5, 5.41) is 0.